The molecule has 0 saturated carbocycles. The number of hydrogen-bond acceptors (Lipinski definition) is 4. The first-order valence-electron chi connectivity index (χ1n) is 6.39. The Balaban J connectivity index is 1.97. The van der Waals surface area contributed by atoms with Gasteiger partial charge in [0, 0.05) is 24.9 Å². The van der Waals surface area contributed by atoms with Crippen molar-refractivity contribution in [3.8, 4) is 11.3 Å². The van der Waals surface area contributed by atoms with Crippen molar-refractivity contribution < 1.29 is 9.15 Å². The smallest absolute Gasteiger partial charge is 0.181 e. The molecule has 0 aliphatic rings. The van der Waals surface area contributed by atoms with Crippen LogP contribution in [0.1, 0.15) is 20.3 Å². The molecule has 0 atom stereocenters. The third kappa shape index (κ3) is 3.83. The Hall–Kier alpha value is -1.81. The lowest BCUT2D eigenvalue weighted by atomic mass is 10.1. The van der Waals surface area contributed by atoms with E-state index in [0.717, 1.165) is 30.0 Å². The van der Waals surface area contributed by atoms with E-state index in [2.05, 4.69) is 30.2 Å². The van der Waals surface area contributed by atoms with E-state index in [0.29, 0.717) is 0 Å². The van der Waals surface area contributed by atoms with Gasteiger partial charge in [-0.2, -0.15) is 0 Å². The first kappa shape index (κ1) is 13.6. The van der Waals surface area contributed by atoms with E-state index in [9.17, 15) is 0 Å². The van der Waals surface area contributed by atoms with Crippen LogP contribution in [0.3, 0.4) is 0 Å². The summed E-state index contributed by atoms with van der Waals surface area (Å²) in [5.74, 6) is 0.779. The minimum atomic E-state index is -0.102. The van der Waals surface area contributed by atoms with Gasteiger partial charge in [0.15, 0.2) is 12.2 Å². The summed E-state index contributed by atoms with van der Waals surface area (Å²) in [6, 6.07) is 8.10. The highest BCUT2D eigenvalue weighted by molar-refractivity contribution is 5.63. The van der Waals surface area contributed by atoms with Crippen LogP contribution in [-0.2, 0) is 4.74 Å². The van der Waals surface area contributed by atoms with Crippen LogP contribution in [0, 0.1) is 0 Å². The molecule has 1 aromatic carbocycles. The number of oxazole rings is 1. The molecule has 0 aliphatic heterocycles. The molecule has 4 nitrogen and oxygen atoms in total. The molecular weight excluding hydrogens is 240 g/mol. The van der Waals surface area contributed by atoms with Crippen LogP contribution >= 0.6 is 0 Å². The zero-order valence-corrected chi connectivity index (χ0v) is 11.6. The van der Waals surface area contributed by atoms with Gasteiger partial charge in [-0.1, -0.05) is 12.1 Å². The molecule has 19 heavy (non-hydrogen) atoms. The lowest BCUT2D eigenvalue weighted by Crippen LogP contribution is -2.25. The van der Waals surface area contributed by atoms with E-state index in [4.69, 9.17) is 9.15 Å². The average molecular weight is 260 g/mol. The molecule has 2 aromatic rings. The third-order valence-electron chi connectivity index (χ3n) is 3.19. The van der Waals surface area contributed by atoms with Gasteiger partial charge in [0.2, 0.25) is 0 Å². The quantitative estimate of drug-likeness (QED) is 0.862. The first-order chi connectivity index (χ1) is 9.11. The maximum atomic E-state index is 5.39. The molecule has 1 heterocycles. The molecule has 0 radical (unpaired) electrons. The highest BCUT2D eigenvalue weighted by atomic mass is 16.5. The third-order valence-corrected chi connectivity index (χ3v) is 3.19. The summed E-state index contributed by atoms with van der Waals surface area (Å²) in [7, 11) is 1.74. The van der Waals surface area contributed by atoms with Crippen LogP contribution in [-0.4, -0.2) is 24.2 Å². The van der Waals surface area contributed by atoms with Gasteiger partial charge in [-0.25, -0.2) is 4.98 Å². The minimum absolute atomic E-state index is 0.102. The molecule has 0 fully saturated rings. The Morgan fingerprint density at radius 2 is 2.21 bits per heavy atom. The number of ether oxygens (including phenoxy) is 1. The van der Waals surface area contributed by atoms with E-state index >= 15 is 0 Å². The number of aromatic nitrogens is 1. The van der Waals surface area contributed by atoms with Gasteiger partial charge in [-0.3, -0.25) is 0 Å². The number of anilines is 1. The van der Waals surface area contributed by atoms with Gasteiger partial charge < -0.3 is 14.5 Å². The number of methoxy groups -OCH3 is 1. The number of nitrogens with zero attached hydrogens (tertiary/aromatic N) is 1. The Morgan fingerprint density at radius 3 is 2.89 bits per heavy atom. The second-order valence-corrected chi connectivity index (χ2v) is 5.09. The normalized spacial score (nSPS) is 11.5. The monoisotopic (exact) mass is 260 g/mol. The number of benzene rings is 1. The van der Waals surface area contributed by atoms with E-state index in [1.165, 1.54) is 6.39 Å². The maximum Gasteiger partial charge on any atom is 0.181 e. The molecule has 0 amide bonds. The van der Waals surface area contributed by atoms with Crippen LogP contribution in [0.25, 0.3) is 11.3 Å². The van der Waals surface area contributed by atoms with Gasteiger partial charge in [0.25, 0.3) is 0 Å². The van der Waals surface area contributed by atoms with Gasteiger partial charge in [-0.05, 0) is 32.4 Å². The summed E-state index contributed by atoms with van der Waals surface area (Å²) >= 11 is 0. The summed E-state index contributed by atoms with van der Waals surface area (Å²) in [6.45, 7) is 5.03. The summed E-state index contributed by atoms with van der Waals surface area (Å²) in [6.07, 6.45) is 4.10. The summed E-state index contributed by atoms with van der Waals surface area (Å²) in [5.41, 5.74) is 1.99. The largest absolute Gasteiger partial charge is 0.444 e. The van der Waals surface area contributed by atoms with Crippen molar-refractivity contribution in [3.63, 3.8) is 0 Å². The van der Waals surface area contributed by atoms with Gasteiger partial charge in [0.05, 0.1) is 11.8 Å². The van der Waals surface area contributed by atoms with Gasteiger partial charge >= 0.3 is 0 Å². The second-order valence-electron chi connectivity index (χ2n) is 5.09. The summed E-state index contributed by atoms with van der Waals surface area (Å²) in [4.78, 5) is 3.93. The number of nitrogens with one attached hydrogen (secondary N) is 1. The fraction of sp³-hybridized carbons (Fsp3) is 0.400. The topological polar surface area (TPSA) is 47.3 Å². The SMILES string of the molecule is COC(C)(C)CCNc1cccc(-c2cnco2)c1. The Kier molecular flexibility index (Phi) is 4.22. The van der Waals surface area contributed by atoms with E-state index in [1.54, 1.807) is 13.3 Å². The minimum Gasteiger partial charge on any atom is -0.444 e. The molecule has 0 aliphatic carbocycles. The van der Waals surface area contributed by atoms with Crippen LogP contribution in [0.4, 0.5) is 5.69 Å². The van der Waals surface area contributed by atoms with Crippen molar-refractivity contribution in [1.29, 1.82) is 0 Å². The summed E-state index contributed by atoms with van der Waals surface area (Å²) < 4.78 is 10.7. The first-order valence-corrected chi connectivity index (χ1v) is 6.39. The zero-order valence-electron chi connectivity index (χ0n) is 11.6. The predicted octanol–water partition coefficient (Wildman–Crippen LogP) is 3.57. The fourth-order valence-electron chi connectivity index (χ4n) is 1.75. The van der Waals surface area contributed by atoms with Gasteiger partial charge in [0.1, 0.15) is 0 Å². The van der Waals surface area contributed by atoms with Crippen LogP contribution < -0.4 is 5.32 Å². The molecule has 1 N–H and O–H groups in total. The predicted molar refractivity (Wildman–Crippen MR) is 76.1 cm³/mol. The maximum absolute atomic E-state index is 5.39. The molecule has 2 rings (SSSR count). The van der Waals surface area contributed by atoms with Crippen LogP contribution in [0.15, 0.2) is 41.3 Å². The van der Waals surface area contributed by atoms with Crippen molar-refractivity contribution in [3.05, 3.63) is 36.9 Å². The lowest BCUT2D eigenvalue weighted by Gasteiger charge is -2.23. The number of hydrogen-bond donors (Lipinski definition) is 1. The van der Waals surface area contributed by atoms with Crippen molar-refractivity contribution in [1.82, 2.24) is 4.98 Å². The highest BCUT2D eigenvalue weighted by Crippen LogP contribution is 2.22. The van der Waals surface area contributed by atoms with Crippen molar-refractivity contribution in [2.75, 3.05) is 19.0 Å². The van der Waals surface area contributed by atoms with Crippen molar-refractivity contribution >= 4 is 5.69 Å². The lowest BCUT2D eigenvalue weighted by molar-refractivity contribution is 0.0185. The Morgan fingerprint density at radius 1 is 1.37 bits per heavy atom. The van der Waals surface area contributed by atoms with Gasteiger partial charge in [-0.15, -0.1) is 0 Å². The molecule has 0 spiro atoms. The second kappa shape index (κ2) is 5.89. The summed E-state index contributed by atoms with van der Waals surface area (Å²) in [5, 5.41) is 3.40. The van der Waals surface area contributed by atoms with Crippen molar-refractivity contribution in [2.24, 2.45) is 0 Å². The molecule has 4 heteroatoms. The van der Waals surface area contributed by atoms with E-state index < -0.39 is 0 Å². The van der Waals surface area contributed by atoms with E-state index in [1.807, 2.05) is 18.2 Å². The standard InChI is InChI=1S/C15H20N2O2/c1-15(2,18-3)7-8-17-13-6-4-5-12(9-13)14-10-16-11-19-14/h4-6,9-11,17H,7-8H2,1-3H3. The number of rotatable bonds is 6. The molecular formula is C15H20N2O2. The molecule has 1 aromatic heterocycles. The molecule has 0 saturated heterocycles. The van der Waals surface area contributed by atoms with Crippen molar-refractivity contribution in [2.45, 2.75) is 25.9 Å². The van der Waals surface area contributed by atoms with Crippen LogP contribution in [0.2, 0.25) is 0 Å². The van der Waals surface area contributed by atoms with Crippen LogP contribution in [0.5, 0.6) is 0 Å². The highest BCUT2D eigenvalue weighted by Gasteiger charge is 2.15. The Bertz CT molecular complexity index is 507. The molecule has 0 unspecified atom stereocenters. The Labute approximate surface area is 113 Å². The molecule has 102 valence electrons. The zero-order chi connectivity index (χ0) is 13.7. The fourth-order valence-corrected chi connectivity index (χ4v) is 1.75. The molecule has 0 bridgehead atoms. The van der Waals surface area contributed by atoms with E-state index in [-0.39, 0.29) is 5.60 Å². The average Bonchev–Trinajstić information content (AvgIpc) is 2.93.